The number of fused-ring (bicyclic) bond motifs is 1. The highest BCUT2D eigenvalue weighted by Crippen LogP contribution is 2.30. The standard InChI is InChI=1S/C12H11BrN4S/c1-6(2)10-11(18-17-16-10)12-14-8-4-3-7(13)5-9(8)15-12/h3-6H,1-2H3,(H,14,15). The maximum atomic E-state index is 4.59. The lowest BCUT2D eigenvalue weighted by atomic mass is 10.1. The van der Waals surface area contributed by atoms with Gasteiger partial charge in [-0.3, -0.25) is 0 Å². The van der Waals surface area contributed by atoms with Crippen LogP contribution in [0.3, 0.4) is 0 Å². The molecule has 6 heteroatoms. The molecule has 0 saturated carbocycles. The van der Waals surface area contributed by atoms with E-state index in [4.69, 9.17) is 0 Å². The van der Waals surface area contributed by atoms with Crippen LogP contribution in [0, 0.1) is 0 Å². The Labute approximate surface area is 117 Å². The van der Waals surface area contributed by atoms with Crippen LogP contribution in [-0.2, 0) is 0 Å². The second-order valence-corrected chi connectivity index (χ2v) is 6.06. The first-order valence-corrected chi connectivity index (χ1v) is 7.19. The summed E-state index contributed by atoms with van der Waals surface area (Å²) in [5.41, 5.74) is 2.97. The Morgan fingerprint density at radius 3 is 2.94 bits per heavy atom. The second-order valence-electron chi connectivity index (χ2n) is 4.39. The quantitative estimate of drug-likeness (QED) is 0.776. The molecule has 4 nitrogen and oxygen atoms in total. The summed E-state index contributed by atoms with van der Waals surface area (Å²) in [6, 6.07) is 6.00. The van der Waals surface area contributed by atoms with E-state index in [-0.39, 0.29) is 0 Å². The SMILES string of the molecule is CC(C)c1nnsc1-c1nc2ccc(Br)cc2[nH]1. The number of benzene rings is 1. The van der Waals surface area contributed by atoms with Gasteiger partial charge in [-0.15, -0.1) is 5.10 Å². The first-order chi connectivity index (χ1) is 8.65. The highest BCUT2D eigenvalue weighted by Gasteiger charge is 2.16. The number of halogens is 1. The van der Waals surface area contributed by atoms with E-state index < -0.39 is 0 Å². The van der Waals surface area contributed by atoms with Crippen LogP contribution in [0.25, 0.3) is 21.7 Å². The molecule has 0 bridgehead atoms. The number of aromatic nitrogens is 4. The lowest BCUT2D eigenvalue weighted by Crippen LogP contribution is -1.91. The minimum absolute atomic E-state index is 0.346. The third kappa shape index (κ3) is 1.95. The van der Waals surface area contributed by atoms with Gasteiger partial charge < -0.3 is 4.98 Å². The Balaban J connectivity index is 2.16. The molecule has 2 heterocycles. The third-order valence-electron chi connectivity index (χ3n) is 2.72. The van der Waals surface area contributed by atoms with Crippen LogP contribution in [0.4, 0.5) is 0 Å². The second kappa shape index (κ2) is 4.44. The van der Waals surface area contributed by atoms with E-state index >= 15 is 0 Å². The lowest BCUT2D eigenvalue weighted by molar-refractivity contribution is 0.813. The van der Waals surface area contributed by atoms with Crippen molar-refractivity contribution in [3.8, 4) is 10.7 Å². The molecular weight excluding hydrogens is 312 g/mol. The number of aromatic amines is 1. The molecule has 2 aromatic heterocycles. The van der Waals surface area contributed by atoms with E-state index in [1.54, 1.807) is 0 Å². The number of imidazole rings is 1. The van der Waals surface area contributed by atoms with Gasteiger partial charge in [-0.1, -0.05) is 34.3 Å². The van der Waals surface area contributed by atoms with Gasteiger partial charge in [0, 0.05) is 4.47 Å². The molecule has 0 aliphatic rings. The zero-order valence-corrected chi connectivity index (χ0v) is 12.3. The lowest BCUT2D eigenvalue weighted by Gasteiger charge is -2.00. The van der Waals surface area contributed by atoms with Crippen molar-refractivity contribution in [2.45, 2.75) is 19.8 Å². The Kier molecular flexibility index (Phi) is 2.91. The minimum Gasteiger partial charge on any atom is -0.337 e. The molecule has 1 aromatic carbocycles. The molecule has 1 N–H and O–H groups in total. The van der Waals surface area contributed by atoms with Gasteiger partial charge in [0.25, 0.3) is 0 Å². The highest BCUT2D eigenvalue weighted by atomic mass is 79.9. The Morgan fingerprint density at radius 2 is 2.17 bits per heavy atom. The van der Waals surface area contributed by atoms with Crippen molar-refractivity contribution >= 4 is 38.5 Å². The van der Waals surface area contributed by atoms with E-state index in [0.717, 1.165) is 31.9 Å². The van der Waals surface area contributed by atoms with Crippen molar-refractivity contribution in [2.24, 2.45) is 0 Å². The predicted molar refractivity (Wildman–Crippen MR) is 76.8 cm³/mol. The Morgan fingerprint density at radius 1 is 1.33 bits per heavy atom. The molecule has 0 fully saturated rings. The number of nitrogens with one attached hydrogen (secondary N) is 1. The predicted octanol–water partition coefficient (Wildman–Crippen LogP) is 3.97. The molecule has 3 aromatic rings. The molecule has 0 aliphatic carbocycles. The fourth-order valence-corrected chi connectivity index (χ4v) is 2.95. The smallest absolute Gasteiger partial charge is 0.152 e. The van der Waals surface area contributed by atoms with Crippen LogP contribution in [0.1, 0.15) is 25.5 Å². The van der Waals surface area contributed by atoms with E-state index in [9.17, 15) is 0 Å². The molecule has 0 spiro atoms. The first-order valence-electron chi connectivity index (χ1n) is 5.63. The summed E-state index contributed by atoms with van der Waals surface area (Å²) in [5, 5.41) is 4.18. The fourth-order valence-electron chi connectivity index (χ4n) is 1.83. The van der Waals surface area contributed by atoms with Gasteiger partial charge in [-0.05, 0) is 35.6 Å². The van der Waals surface area contributed by atoms with E-state index in [1.807, 2.05) is 18.2 Å². The average molecular weight is 323 g/mol. The highest BCUT2D eigenvalue weighted by molar-refractivity contribution is 9.10. The van der Waals surface area contributed by atoms with Crippen LogP contribution in [0.5, 0.6) is 0 Å². The first kappa shape index (κ1) is 11.8. The minimum atomic E-state index is 0.346. The van der Waals surface area contributed by atoms with Crippen molar-refractivity contribution in [3.63, 3.8) is 0 Å². The third-order valence-corrected chi connectivity index (χ3v) is 3.96. The maximum absolute atomic E-state index is 4.59. The van der Waals surface area contributed by atoms with E-state index in [1.165, 1.54) is 11.5 Å². The topological polar surface area (TPSA) is 54.5 Å². The number of H-pyrrole nitrogens is 1. The molecular formula is C12H11BrN4S. The summed E-state index contributed by atoms with van der Waals surface area (Å²) in [4.78, 5) is 8.94. The monoisotopic (exact) mass is 322 g/mol. The molecule has 0 unspecified atom stereocenters. The molecule has 0 aliphatic heterocycles. The zero-order valence-electron chi connectivity index (χ0n) is 9.94. The molecule has 3 rings (SSSR count). The van der Waals surface area contributed by atoms with E-state index in [2.05, 4.69) is 49.3 Å². The van der Waals surface area contributed by atoms with Crippen LogP contribution in [0.2, 0.25) is 0 Å². The van der Waals surface area contributed by atoms with Gasteiger partial charge >= 0.3 is 0 Å². The average Bonchev–Trinajstić information content (AvgIpc) is 2.93. The van der Waals surface area contributed by atoms with Gasteiger partial charge in [-0.25, -0.2) is 4.98 Å². The fraction of sp³-hybridized carbons (Fsp3) is 0.250. The molecule has 18 heavy (non-hydrogen) atoms. The molecule has 0 saturated heterocycles. The Bertz CT molecular complexity index is 701. The van der Waals surface area contributed by atoms with Crippen molar-refractivity contribution in [2.75, 3.05) is 0 Å². The summed E-state index contributed by atoms with van der Waals surface area (Å²) in [6.07, 6.45) is 0. The van der Waals surface area contributed by atoms with Gasteiger partial charge in [0.1, 0.15) is 4.88 Å². The van der Waals surface area contributed by atoms with Crippen molar-refractivity contribution in [1.29, 1.82) is 0 Å². The normalized spacial score (nSPS) is 11.6. The van der Waals surface area contributed by atoms with Gasteiger partial charge in [-0.2, -0.15) is 0 Å². The Hall–Kier alpha value is -1.27. The van der Waals surface area contributed by atoms with Crippen LogP contribution in [-0.4, -0.2) is 19.6 Å². The van der Waals surface area contributed by atoms with Gasteiger partial charge in [0.2, 0.25) is 0 Å². The van der Waals surface area contributed by atoms with Crippen LogP contribution in [0.15, 0.2) is 22.7 Å². The van der Waals surface area contributed by atoms with Gasteiger partial charge in [0.15, 0.2) is 5.82 Å². The van der Waals surface area contributed by atoms with Crippen LogP contribution >= 0.6 is 27.5 Å². The van der Waals surface area contributed by atoms with E-state index in [0.29, 0.717) is 5.92 Å². The number of hydrogen-bond donors (Lipinski definition) is 1. The zero-order chi connectivity index (χ0) is 12.7. The molecule has 0 amide bonds. The molecule has 0 atom stereocenters. The van der Waals surface area contributed by atoms with Gasteiger partial charge in [0.05, 0.1) is 16.7 Å². The maximum Gasteiger partial charge on any atom is 0.152 e. The largest absolute Gasteiger partial charge is 0.337 e. The summed E-state index contributed by atoms with van der Waals surface area (Å²) in [5.74, 6) is 1.19. The number of hydrogen-bond acceptors (Lipinski definition) is 4. The number of nitrogens with zero attached hydrogens (tertiary/aromatic N) is 3. The van der Waals surface area contributed by atoms with Crippen molar-refractivity contribution < 1.29 is 0 Å². The summed E-state index contributed by atoms with van der Waals surface area (Å²) in [6.45, 7) is 4.22. The van der Waals surface area contributed by atoms with Crippen LogP contribution < -0.4 is 0 Å². The summed E-state index contributed by atoms with van der Waals surface area (Å²) >= 11 is 4.84. The van der Waals surface area contributed by atoms with Crippen molar-refractivity contribution in [3.05, 3.63) is 28.4 Å². The van der Waals surface area contributed by atoms with Crippen molar-refractivity contribution in [1.82, 2.24) is 19.6 Å². The molecule has 92 valence electrons. The summed E-state index contributed by atoms with van der Waals surface area (Å²) < 4.78 is 5.07. The number of rotatable bonds is 2. The summed E-state index contributed by atoms with van der Waals surface area (Å²) in [7, 11) is 0. The molecule has 0 radical (unpaired) electrons.